The molecule has 9 heteroatoms. The average molecular weight is 306 g/mol. The first-order valence-corrected chi connectivity index (χ1v) is 6.69. The Morgan fingerprint density at radius 3 is 2.76 bits per heavy atom. The summed E-state index contributed by atoms with van der Waals surface area (Å²) in [6, 6.07) is 0. The van der Waals surface area contributed by atoms with Gasteiger partial charge in [0.15, 0.2) is 5.41 Å². The van der Waals surface area contributed by atoms with Gasteiger partial charge in [0.25, 0.3) is 0 Å². The largest absolute Gasteiger partial charge is 0.481 e. The molecule has 2 heterocycles. The van der Waals surface area contributed by atoms with Crippen molar-refractivity contribution < 1.29 is 23.1 Å². The summed E-state index contributed by atoms with van der Waals surface area (Å²) in [5.41, 5.74) is -2.68. The molecule has 1 aromatic rings. The number of carboxylic acids is 1. The molecule has 0 amide bonds. The van der Waals surface area contributed by atoms with Crippen molar-refractivity contribution >= 4 is 5.97 Å². The lowest BCUT2D eigenvalue weighted by Crippen LogP contribution is -2.47. The molecule has 0 aliphatic carbocycles. The maximum absolute atomic E-state index is 13.1. The van der Waals surface area contributed by atoms with Gasteiger partial charge < -0.3 is 5.11 Å². The van der Waals surface area contributed by atoms with Gasteiger partial charge in [-0.2, -0.15) is 18.3 Å². The van der Waals surface area contributed by atoms with Crippen LogP contribution in [0.2, 0.25) is 0 Å². The van der Waals surface area contributed by atoms with Gasteiger partial charge in [0, 0.05) is 19.6 Å². The molecule has 0 radical (unpaired) electrons. The zero-order valence-corrected chi connectivity index (χ0v) is 11.6. The third-order valence-corrected chi connectivity index (χ3v) is 3.80. The van der Waals surface area contributed by atoms with E-state index in [4.69, 9.17) is 5.11 Å². The molecule has 1 aliphatic rings. The summed E-state index contributed by atoms with van der Waals surface area (Å²) >= 11 is 0. The second-order valence-corrected chi connectivity index (χ2v) is 5.25. The highest BCUT2D eigenvalue weighted by Crippen LogP contribution is 2.45. The van der Waals surface area contributed by atoms with Gasteiger partial charge in [0.1, 0.15) is 12.2 Å². The summed E-state index contributed by atoms with van der Waals surface area (Å²) in [4.78, 5) is 16.6. The van der Waals surface area contributed by atoms with Crippen molar-refractivity contribution in [3.8, 4) is 0 Å². The van der Waals surface area contributed by atoms with Gasteiger partial charge in [0.2, 0.25) is 0 Å². The van der Waals surface area contributed by atoms with Gasteiger partial charge in [-0.05, 0) is 12.8 Å². The van der Waals surface area contributed by atoms with E-state index in [1.165, 1.54) is 11.2 Å². The Morgan fingerprint density at radius 2 is 2.24 bits per heavy atom. The number of hydrogen-bond donors (Lipinski definition) is 1. The molecular formula is C12H17F3N4O2. The third kappa shape index (κ3) is 2.87. The lowest BCUT2D eigenvalue weighted by Gasteiger charge is -2.27. The molecule has 1 aromatic heterocycles. The number of aryl methyl sites for hydroxylation is 1. The summed E-state index contributed by atoms with van der Waals surface area (Å²) in [5.74, 6) is -1.26. The SMILES string of the molecule is CCCn1ncnc1CN1CCC(C(=O)O)(C(F)(F)F)C1. The lowest BCUT2D eigenvalue weighted by atomic mass is 9.86. The maximum atomic E-state index is 13.1. The lowest BCUT2D eigenvalue weighted by molar-refractivity contribution is -0.227. The smallest absolute Gasteiger partial charge is 0.406 e. The summed E-state index contributed by atoms with van der Waals surface area (Å²) in [5, 5.41) is 13.0. The minimum atomic E-state index is -4.76. The summed E-state index contributed by atoms with van der Waals surface area (Å²) in [7, 11) is 0. The van der Waals surface area contributed by atoms with E-state index in [2.05, 4.69) is 10.1 Å². The van der Waals surface area contributed by atoms with Crippen LogP contribution in [0.25, 0.3) is 0 Å². The van der Waals surface area contributed by atoms with Gasteiger partial charge in [-0.25, -0.2) is 9.67 Å². The third-order valence-electron chi connectivity index (χ3n) is 3.80. The van der Waals surface area contributed by atoms with Crippen molar-refractivity contribution in [1.29, 1.82) is 0 Å². The fourth-order valence-corrected chi connectivity index (χ4v) is 2.56. The van der Waals surface area contributed by atoms with Gasteiger partial charge in [0.05, 0.1) is 6.54 Å². The van der Waals surface area contributed by atoms with Gasteiger partial charge in [-0.1, -0.05) is 6.92 Å². The van der Waals surface area contributed by atoms with Crippen LogP contribution in [0.15, 0.2) is 6.33 Å². The molecule has 0 saturated carbocycles. The number of aliphatic carboxylic acids is 1. The quantitative estimate of drug-likeness (QED) is 0.893. The Bertz CT molecular complexity index is 517. The molecule has 1 N–H and O–H groups in total. The van der Waals surface area contributed by atoms with Crippen LogP contribution in [-0.4, -0.2) is 50.0 Å². The van der Waals surface area contributed by atoms with Crippen LogP contribution in [0.3, 0.4) is 0 Å². The normalized spacial score (nSPS) is 23.6. The van der Waals surface area contributed by atoms with Crippen LogP contribution >= 0.6 is 0 Å². The minimum Gasteiger partial charge on any atom is -0.481 e. The summed E-state index contributed by atoms with van der Waals surface area (Å²) < 4.78 is 40.9. The number of aromatic nitrogens is 3. The Labute approximate surface area is 119 Å². The van der Waals surface area contributed by atoms with Crippen molar-refractivity contribution in [2.45, 2.75) is 39.0 Å². The highest BCUT2D eigenvalue weighted by molar-refractivity contribution is 5.76. The van der Waals surface area contributed by atoms with Crippen LogP contribution in [0, 0.1) is 5.41 Å². The van der Waals surface area contributed by atoms with Crippen molar-refractivity contribution in [3.63, 3.8) is 0 Å². The Morgan fingerprint density at radius 1 is 1.52 bits per heavy atom. The molecular weight excluding hydrogens is 289 g/mol. The fourth-order valence-electron chi connectivity index (χ4n) is 2.56. The number of likely N-dealkylation sites (tertiary alicyclic amines) is 1. The minimum absolute atomic E-state index is 0.0742. The summed E-state index contributed by atoms with van der Waals surface area (Å²) in [6.07, 6.45) is -3.01. The van der Waals surface area contributed by atoms with E-state index < -0.39 is 30.5 Å². The highest BCUT2D eigenvalue weighted by Gasteiger charge is 2.63. The molecule has 1 unspecified atom stereocenters. The predicted octanol–water partition coefficient (Wildman–Crippen LogP) is 1.53. The second kappa shape index (κ2) is 5.63. The Kier molecular flexibility index (Phi) is 4.22. The van der Waals surface area contributed by atoms with Crippen molar-refractivity contribution in [2.24, 2.45) is 5.41 Å². The molecule has 1 fully saturated rings. The molecule has 1 aliphatic heterocycles. The zero-order valence-electron chi connectivity index (χ0n) is 11.6. The van der Waals surface area contributed by atoms with E-state index >= 15 is 0 Å². The van der Waals surface area contributed by atoms with Crippen LogP contribution in [0.5, 0.6) is 0 Å². The fraction of sp³-hybridized carbons (Fsp3) is 0.750. The molecule has 0 aromatic carbocycles. The van der Waals surface area contributed by atoms with E-state index in [0.29, 0.717) is 12.4 Å². The standard InChI is InChI=1S/C12H17F3N4O2/c1-2-4-19-9(16-8-17-19)6-18-5-3-11(7-18,10(20)21)12(13,14)15/h8H,2-7H2,1H3,(H,20,21). The molecule has 0 bridgehead atoms. The molecule has 1 saturated heterocycles. The van der Waals surface area contributed by atoms with Crippen molar-refractivity contribution in [3.05, 3.63) is 12.2 Å². The molecule has 21 heavy (non-hydrogen) atoms. The van der Waals surface area contributed by atoms with Crippen LogP contribution in [0.4, 0.5) is 13.2 Å². The maximum Gasteiger partial charge on any atom is 0.406 e. The molecule has 1 atom stereocenters. The van der Waals surface area contributed by atoms with Gasteiger partial charge in [-0.3, -0.25) is 9.69 Å². The van der Waals surface area contributed by atoms with E-state index in [1.807, 2.05) is 6.92 Å². The predicted molar refractivity (Wildman–Crippen MR) is 66.3 cm³/mol. The van der Waals surface area contributed by atoms with Crippen LogP contribution in [-0.2, 0) is 17.9 Å². The van der Waals surface area contributed by atoms with Crippen LogP contribution in [0.1, 0.15) is 25.6 Å². The van der Waals surface area contributed by atoms with Crippen molar-refractivity contribution in [1.82, 2.24) is 19.7 Å². The number of rotatable bonds is 5. The Balaban J connectivity index is 2.11. The van der Waals surface area contributed by atoms with E-state index in [0.717, 1.165) is 6.42 Å². The average Bonchev–Trinajstić information content (AvgIpc) is 2.98. The van der Waals surface area contributed by atoms with E-state index in [1.54, 1.807) is 4.68 Å². The number of carbonyl (C=O) groups is 1. The molecule has 2 rings (SSSR count). The molecule has 0 spiro atoms. The van der Waals surface area contributed by atoms with Gasteiger partial charge in [-0.15, -0.1) is 0 Å². The Hall–Kier alpha value is -1.64. The monoisotopic (exact) mass is 306 g/mol. The highest BCUT2D eigenvalue weighted by atomic mass is 19.4. The van der Waals surface area contributed by atoms with E-state index in [9.17, 15) is 18.0 Å². The van der Waals surface area contributed by atoms with Gasteiger partial charge >= 0.3 is 12.1 Å². The zero-order chi connectivity index (χ0) is 15.7. The number of nitrogens with zero attached hydrogens (tertiary/aromatic N) is 4. The van der Waals surface area contributed by atoms with E-state index in [-0.39, 0.29) is 13.1 Å². The first kappa shape index (κ1) is 15.7. The number of hydrogen-bond acceptors (Lipinski definition) is 4. The number of carboxylic acid groups (broad SMARTS) is 1. The van der Waals surface area contributed by atoms with Crippen molar-refractivity contribution in [2.75, 3.05) is 13.1 Å². The first-order chi connectivity index (χ1) is 9.80. The summed E-state index contributed by atoms with van der Waals surface area (Å²) in [6.45, 7) is 2.29. The topological polar surface area (TPSA) is 71.2 Å². The molecule has 118 valence electrons. The van der Waals surface area contributed by atoms with Crippen LogP contribution < -0.4 is 0 Å². The second-order valence-electron chi connectivity index (χ2n) is 5.25. The first-order valence-electron chi connectivity index (χ1n) is 6.69. The molecule has 6 nitrogen and oxygen atoms in total. The number of alkyl halides is 3. The number of halogens is 3.